The zero-order valence-electron chi connectivity index (χ0n) is 12.0. The molecule has 0 unspecified atom stereocenters. The molecule has 2 heterocycles. The summed E-state index contributed by atoms with van der Waals surface area (Å²) in [7, 11) is 0. The van der Waals surface area contributed by atoms with E-state index in [4.69, 9.17) is 11.6 Å². The van der Waals surface area contributed by atoms with Gasteiger partial charge in [-0.1, -0.05) is 17.7 Å². The summed E-state index contributed by atoms with van der Waals surface area (Å²) in [6, 6.07) is 12.0. The molecule has 0 atom stereocenters. The molecule has 0 saturated carbocycles. The molecule has 2 aromatic heterocycles. The number of carbonyl (C=O) groups excluding carboxylic acids is 2. The molecule has 3 aromatic rings. The Morgan fingerprint density at radius 1 is 1.12 bits per heavy atom. The lowest BCUT2D eigenvalue weighted by Gasteiger charge is -2.04. The Labute approximate surface area is 154 Å². The van der Waals surface area contributed by atoms with E-state index >= 15 is 0 Å². The van der Waals surface area contributed by atoms with Crippen molar-refractivity contribution in [2.45, 2.75) is 0 Å². The smallest absolute Gasteiger partial charge is 0.266 e. The number of rotatable bonds is 3. The van der Waals surface area contributed by atoms with E-state index in [0.29, 0.717) is 9.90 Å². The number of hydrogen-bond donors (Lipinski definition) is 2. The quantitative estimate of drug-likeness (QED) is 0.631. The lowest BCUT2D eigenvalue weighted by Crippen LogP contribution is -2.41. The summed E-state index contributed by atoms with van der Waals surface area (Å²) in [6.45, 7) is 0. The minimum atomic E-state index is -0.514. The molecular weight excluding hydrogens is 416 g/mol. The molecule has 2 amide bonds. The monoisotopic (exact) mass is 424 g/mol. The number of carbonyl (C=O) groups is 2. The third kappa shape index (κ3) is 3.84. The standard InChI is InChI=1S/C15H10BrClN4O2S/c16-13-5-4-12(24-13)15(23)19-18-14(22)11-6-7-21(20-11)10-3-1-2-9(17)8-10/h1-8H,(H,18,22)(H,19,23). The number of halogens is 2. The van der Waals surface area contributed by atoms with Gasteiger partial charge in [0, 0.05) is 11.2 Å². The fourth-order valence-electron chi connectivity index (χ4n) is 1.88. The Hall–Kier alpha value is -2.16. The molecule has 3 rings (SSSR count). The predicted octanol–water partition coefficient (Wildman–Crippen LogP) is 3.42. The second-order valence-electron chi connectivity index (χ2n) is 4.64. The van der Waals surface area contributed by atoms with E-state index < -0.39 is 11.8 Å². The normalized spacial score (nSPS) is 10.4. The lowest BCUT2D eigenvalue weighted by atomic mass is 10.3. The maximum absolute atomic E-state index is 12.1. The highest BCUT2D eigenvalue weighted by atomic mass is 79.9. The molecule has 0 saturated heterocycles. The van der Waals surface area contributed by atoms with Gasteiger partial charge in [-0.3, -0.25) is 20.4 Å². The fourth-order valence-corrected chi connectivity index (χ4v) is 3.35. The molecule has 0 fully saturated rings. The van der Waals surface area contributed by atoms with Crippen molar-refractivity contribution in [3.63, 3.8) is 0 Å². The molecular formula is C15H10BrClN4O2S. The van der Waals surface area contributed by atoms with Gasteiger partial charge in [0.25, 0.3) is 11.8 Å². The summed E-state index contributed by atoms with van der Waals surface area (Å²) < 4.78 is 2.36. The van der Waals surface area contributed by atoms with Gasteiger partial charge >= 0.3 is 0 Å². The Kier molecular flexibility index (Phi) is 4.98. The van der Waals surface area contributed by atoms with Crippen molar-refractivity contribution in [2.75, 3.05) is 0 Å². The molecule has 9 heteroatoms. The van der Waals surface area contributed by atoms with Gasteiger partial charge in [0.05, 0.1) is 14.4 Å². The maximum Gasteiger partial charge on any atom is 0.290 e. The second-order valence-corrected chi connectivity index (χ2v) is 7.54. The third-order valence-electron chi connectivity index (χ3n) is 2.98. The average molecular weight is 426 g/mol. The number of nitrogens with one attached hydrogen (secondary N) is 2. The summed E-state index contributed by atoms with van der Waals surface area (Å²) in [5, 5.41) is 4.74. The summed E-state index contributed by atoms with van der Waals surface area (Å²) in [4.78, 5) is 24.4. The molecule has 6 nitrogen and oxygen atoms in total. The Bertz CT molecular complexity index is 908. The van der Waals surface area contributed by atoms with Crippen LogP contribution in [0.1, 0.15) is 20.2 Å². The molecule has 0 aliphatic heterocycles. The highest BCUT2D eigenvalue weighted by molar-refractivity contribution is 9.11. The molecule has 2 N–H and O–H groups in total. The molecule has 1 aromatic carbocycles. The van der Waals surface area contributed by atoms with Gasteiger partial charge in [-0.25, -0.2) is 4.68 Å². The van der Waals surface area contributed by atoms with E-state index in [9.17, 15) is 9.59 Å². The Morgan fingerprint density at radius 3 is 2.62 bits per heavy atom. The van der Waals surface area contributed by atoms with Crippen molar-refractivity contribution < 1.29 is 9.59 Å². The maximum atomic E-state index is 12.1. The van der Waals surface area contributed by atoms with Gasteiger partial charge in [-0.05, 0) is 52.3 Å². The Morgan fingerprint density at radius 2 is 1.92 bits per heavy atom. The van der Waals surface area contributed by atoms with Crippen LogP contribution >= 0.6 is 38.9 Å². The van der Waals surface area contributed by atoms with Gasteiger partial charge in [0.15, 0.2) is 5.69 Å². The highest BCUT2D eigenvalue weighted by Crippen LogP contribution is 2.21. The second kappa shape index (κ2) is 7.16. The number of nitrogens with zero attached hydrogens (tertiary/aromatic N) is 2. The van der Waals surface area contributed by atoms with Crippen LogP contribution in [0.5, 0.6) is 0 Å². The SMILES string of the molecule is O=C(NNC(=O)c1ccc(Br)s1)c1ccn(-c2cccc(Cl)c2)n1. The first-order chi connectivity index (χ1) is 11.5. The van der Waals surface area contributed by atoms with Crippen LogP contribution in [0.3, 0.4) is 0 Å². The van der Waals surface area contributed by atoms with E-state index in [-0.39, 0.29) is 5.69 Å². The number of amides is 2. The summed E-state index contributed by atoms with van der Waals surface area (Å²) >= 11 is 10.5. The number of aromatic nitrogens is 2. The highest BCUT2D eigenvalue weighted by Gasteiger charge is 2.13. The first-order valence-electron chi connectivity index (χ1n) is 6.70. The molecule has 0 aliphatic rings. The number of hydrazine groups is 1. The van der Waals surface area contributed by atoms with Crippen molar-refractivity contribution in [1.29, 1.82) is 0 Å². The van der Waals surface area contributed by atoms with Gasteiger partial charge in [0.2, 0.25) is 0 Å². The Balaban J connectivity index is 1.65. The van der Waals surface area contributed by atoms with Crippen LogP contribution < -0.4 is 10.9 Å². The van der Waals surface area contributed by atoms with Crippen molar-refractivity contribution in [3.8, 4) is 5.69 Å². The van der Waals surface area contributed by atoms with E-state index in [1.54, 1.807) is 42.6 Å². The van der Waals surface area contributed by atoms with Crippen molar-refractivity contribution >= 4 is 50.7 Å². The first-order valence-corrected chi connectivity index (χ1v) is 8.69. The van der Waals surface area contributed by atoms with Crippen molar-refractivity contribution in [1.82, 2.24) is 20.6 Å². The zero-order chi connectivity index (χ0) is 17.1. The molecule has 0 radical (unpaired) electrons. The van der Waals surface area contributed by atoms with Crippen LogP contribution in [0, 0.1) is 0 Å². The van der Waals surface area contributed by atoms with Crippen LogP contribution in [0.2, 0.25) is 5.02 Å². The molecule has 0 aliphatic carbocycles. The van der Waals surface area contributed by atoms with Crippen LogP contribution in [0.15, 0.2) is 52.4 Å². The fraction of sp³-hybridized carbons (Fsp3) is 0. The summed E-state index contributed by atoms with van der Waals surface area (Å²) in [5.41, 5.74) is 5.58. The lowest BCUT2D eigenvalue weighted by molar-refractivity contribution is 0.0846. The average Bonchev–Trinajstić information content (AvgIpc) is 3.21. The van der Waals surface area contributed by atoms with Crippen molar-refractivity contribution in [2.24, 2.45) is 0 Å². The van der Waals surface area contributed by atoms with Gasteiger partial charge in [-0.2, -0.15) is 5.10 Å². The molecule has 0 bridgehead atoms. The largest absolute Gasteiger partial charge is 0.290 e. The van der Waals surface area contributed by atoms with Gasteiger partial charge in [0.1, 0.15) is 0 Å². The van der Waals surface area contributed by atoms with Crippen LogP contribution in [-0.4, -0.2) is 21.6 Å². The van der Waals surface area contributed by atoms with Crippen LogP contribution in [0.25, 0.3) is 5.69 Å². The van der Waals surface area contributed by atoms with E-state index in [2.05, 4.69) is 31.9 Å². The molecule has 24 heavy (non-hydrogen) atoms. The van der Waals surface area contributed by atoms with Crippen LogP contribution in [0.4, 0.5) is 0 Å². The topological polar surface area (TPSA) is 76.0 Å². The van der Waals surface area contributed by atoms with Gasteiger partial charge < -0.3 is 0 Å². The summed E-state index contributed by atoms with van der Waals surface area (Å²) in [6.07, 6.45) is 1.64. The predicted molar refractivity (Wildman–Crippen MR) is 95.5 cm³/mol. The zero-order valence-corrected chi connectivity index (χ0v) is 15.2. The van der Waals surface area contributed by atoms with Gasteiger partial charge in [-0.15, -0.1) is 11.3 Å². The van der Waals surface area contributed by atoms with E-state index in [0.717, 1.165) is 9.47 Å². The van der Waals surface area contributed by atoms with Crippen molar-refractivity contribution in [3.05, 3.63) is 68.0 Å². The summed E-state index contributed by atoms with van der Waals surface area (Å²) in [5.74, 6) is -0.909. The minimum absolute atomic E-state index is 0.169. The number of hydrogen-bond acceptors (Lipinski definition) is 4. The third-order valence-corrected chi connectivity index (χ3v) is 4.84. The minimum Gasteiger partial charge on any atom is -0.266 e. The number of thiophene rings is 1. The van der Waals surface area contributed by atoms with E-state index in [1.165, 1.54) is 16.0 Å². The van der Waals surface area contributed by atoms with E-state index in [1.807, 2.05) is 6.07 Å². The first kappa shape index (κ1) is 16.7. The molecule has 0 spiro atoms. The molecule has 122 valence electrons. The number of benzene rings is 1. The van der Waals surface area contributed by atoms with Crippen LogP contribution in [-0.2, 0) is 0 Å².